The quantitative estimate of drug-likeness (QED) is 0.926. The number of carboxylic acids is 1. The lowest BCUT2D eigenvalue weighted by molar-refractivity contribution is -0.140. The van der Waals surface area contributed by atoms with Crippen LogP contribution in [0, 0.1) is 0 Å². The standard InChI is InChI=1S/C18H14ClNO2/c19-15-9-7-14(8-10-15)18(11-4-12-20-18)16(17(21)22)13-5-2-1-3-6-13/h1-12,16H,(H,21,22). The highest BCUT2D eigenvalue weighted by Crippen LogP contribution is 2.44. The van der Waals surface area contributed by atoms with Gasteiger partial charge in [-0.05, 0) is 35.4 Å². The van der Waals surface area contributed by atoms with Crippen LogP contribution < -0.4 is 0 Å². The number of benzene rings is 2. The first kappa shape index (κ1) is 14.5. The summed E-state index contributed by atoms with van der Waals surface area (Å²) in [5.74, 6) is -1.71. The third kappa shape index (κ3) is 2.44. The van der Waals surface area contributed by atoms with Gasteiger partial charge in [-0.3, -0.25) is 9.79 Å². The van der Waals surface area contributed by atoms with E-state index < -0.39 is 17.4 Å². The summed E-state index contributed by atoms with van der Waals surface area (Å²) in [4.78, 5) is 16.5. The lowest BCUT2D eigenvalue weighted by Gasteiger charge is -2.31. The highest BCUT2D eigenvalue weighted by Gasteiger charge is 2.44. The molecule has 1 aliphatic rings. The number of carboxylic acid groups (broad SMARTS) is 1. The van der Waals surface area contributed by atoms with Crippen molar-refractivity contribution in [2.75, 3.05) is 0 Å². The Balaban J connectivity index is 2.17. The van der Waals surface area contributed by atoms with E-state index in [2.05, 4.69) is 4.99 Å². The second-order valence-electron chi connectivity index (χ2n) is 5.15. The number of hydrogen-bond donors (Lipinski definition) is 1. The molecule has 2 unspecified atom stereocenters. The molecule has 0 amide bonds. The smallest absolute Gasteiger partial charge is 0.314 e. The van der Waals surface area contributed by atoms with Gasteiger partial charge in [-0.2, -0.15) is 0 Å². The van der Waals surface area contributed by atoms with E-state index >= 15 is 0 Å². The first-order valence-electron chi connectivity index (χ1n) is 6.90. The molecule has 0 radical (unpaired) electrons. The van der Waals surface area contributed by atoms with Gasteiger partial charge in [0.15, 0.2) is 0 Å². The van der Waals surface area contributed by atoms with E-state index in [-0.39, 0.29) is 0 Å². The van der Waals surface area contributed by atoms with Gasteiger partial charge in [-0.1, -0.05) is 54.1 Å². The number of rotatable bonds is 4. The number of carbonyl (C=O) groups is 1. The summed E-state index contributed by atoms with van der Waals surface area (Å²) < 4.78 is 0. The van der Waals surface area contributed by atoms with Crippen LogP contribution in [0.1, 0.15) is 17.0 Å². The minimum atomic E-state index is -0.947. The second-order valence-corrected chi connectivity index (χ2v) is 5.59. The molecule has 0 bridgehead atoms. The Hall–Kier alpha value is -2.39. The molecule has 2 aromatic carbocycles. The number of halogens is 1. The molecule has 1 aliphatic heterocycles. The first-order valence-corrected chi connectivity index (χ1v) is 7.28. The van der Waals surface area contributed by atoms with Crippen molar-refractivity contribution in [2.24, 2.45) is 4.99 Å². The van der Waals surface area contributed by atoms with E-state index in [4.69, 9.17) is 11.6 Å². The Morgan fingerprint density at radius 3 is 2.32 bits per heavy atom. The number of nitrogens with zero attached hydrogens (tertiary/aromatic N) is 1. The molecule has 110 valence electrons. The maximum absolute atomic E-state index is 12.0. The molecule has 1 N–H and O–H groups in total. The van der Waals surface area contributed by atoms with Gasteiger partial charge >= 0.3 is 5.97 Å². The summed E-state index contributed by atoms with van der Waals surface area (Å²) in [6.07, 6.45) is 5.27. The van der Waals surface area contributed by atoms with Crippen molar-refractivity contribution < 1.29 is 9.90 Å². The monoisotopic (exact) mass is 311 g/mol. The fraction of sp³-hybridized carbons (Fsp3) is 0.111. The predicted molar refractivity (Wildman–Crippen MR) is 87.6 cm³/mol. The maximum atomic E-state index is 12.0. The predicted octanol–water partition coefficient (Wildman–Crippen LogP) is 4.04. The minimum Gasteiger partial charge on any atom is -0.481 e. The van der Waals surface area contributed by atoms with Crippen LogP contribution in [-0.2, 0) is 10.3 Å². The SMILES string of the molecule is O=C(O)C(c1ccccc1)C1(c2ccc(Cl)cc2)C=CC=N1. The minimum absolute atomic E-state index is 0.608. The Bertz CT molecular complexity index is 723. The highest BCUT2D eigenvalue weighted by atomic mass is 35.5. The zero-order chi connectivity index (χ0) is 15.6. The van der Waals surface area contributed by atoms with Crippen LogP contribution in [0.4, 0.5) is 0 Å². The van der Waals surface area contributed by atoms with Crippen molar-refractivity contribution in [2.45, 2.75) is 11.5 Å². The molecule has 0 saturated carbocycles. The fourth-order valence-corrected chi connectivity index (χ4v) is 2.98. The van der Waals surface area contributed by atoms with Crippen LogP contribution in [0.2, 0.25) is 5.02 Å². The van der Waals surface area contributed by atoms with Crippen LogP contribution in [0.15, 0.2) is 71.7 Å². The first-order chi connectivity index (χ1) is 10.6. The van der Waals surface area contributed by atoms with Crippen LogP contribution in [0.3, 0.4) is 0 Å². The van der Waals surface area contributed by atoms with Crippen molar-refractivity contribution in [3.63, 3.8) is 0 Å². The van der Waals surface area contributed by atoms with E-state index in [1.165, 1.54) is 0 Å². The van der Waals surface area contributed by atoms with Crippen LogP contribution in [0.5, 0.6) is 0 Å². The van der Waals surface area contributed by atoms with Crippen molar-refractivity contribution >= 4 is 23.8 Å². The van der Waals surface area contributed by atoms with Gasteiger partial charge in [0.25, 0.3) is 0 Å². The van der Waals surface area contributed by atoms with E-state index in [0.717, 1.165) is 5.56 Å². The molecule has 0 saturated heterocycles. The molecule has 0 aliphatic carbocycles. The zero-order valence-electron chi connectivity index (χ0n) is 11.7. The largest absolute Gasteiger partial charge is 0.481 e. The molecule has 3 rings (SSSR count). The molecular formula is C18H14ClNO2. The molecule has 22 heavy (non-hydrogen) atoms. The van der Waals surface area contributed by atoms with Crippen LogP contribution >= 0.6 is 11.6 Å². The number of aliphatic carboxylic acids is 1. The molecule has 0 spiro atoms. The number of hydrogen-bond acceptors (Lipinski definition) is 2. The molecular weight excluding hydrogens is 298 g/mol. The summed E-state index contributed by atoms with van der Waals surface area (Å²) in [6, 6.07) is 16.3. The van der Waals surface area contributed by atoms with Crippen molar-refractivity contribution in [3.05, 3.63) is 82.9 Å². The topological polar surface area (TPSA) is 49.7 Å². The molecule has 2 aromatic rings. The van der Waals surface area contributed by atoms with E-state index in [1.807, 2.05) is 48.5 Å². The molecule has 0 aromatic heterocycles. The number of allylic oxidation sites excluding steroid dienone is 1. The van der Waals surface area contributed by atoms with Crippen LogP contribution in [-0.4, -0.2) is 17.3 Å². The lowest BCUT2D eigenvalue weighted by atomic mass is 9.75. The summed E-state index contributed by atoms with van der Waals surface area (Å²) in [5, 5.41) is 10.4. The van der Waals surface area contributed by atoms with Gasteiger partial charge < -0.3 is 5.11 Å². The molecule has 0 fully saturated rings. The second kappa shape index (κ2) is 5.78. The summed E-state index contributed by atoms with van der Waals surface area (Å²) in [5.41, 5.74) is 0.574. The average molecular weight is 312 g/mol. The van der Waals surface area contributed by atoms with Gasteiger partial charge in [-0.15, -0.1) is 0 Å². The zero-order valence-corrected chi connectivity index (χ0v) is 12.4. The summed E-state index contributed by atoms with van der Waals surface area (Å²) >= 11 is 5.95. The fourth-order valence-electron chi connectivity index (χ4n) is 2.85. The molecule has 1 heterocycles. The third-order valence-corrected chi connectivity index (χ3v) is 4.10. The van der Waals surface area contributed by atoms with Gasteiger partial charge in [0.05, 0.1) is 0 Å². The van der Waals surface area contributed by atoms with Gasteiger partial charge in [-0.25, -0.2) is 0 Å². The number of aliphatic imine (C=N–C) groups is 1. The van der Waals surface area contributed by atoms with Gasteiger partial charge in [0.1, 0.15) is 11.5 Å². The summed E-state index contributed by atoms with van der Waals surface area (Å²) in [6.45, 7) is 0. The molecule has 3 nitrogen and oxygen atoms in total. The molecule has 2 atom stereocenters. The highest BCUT2D eigenvalue weighted by molar-refractivity contribution is 6.30. The lowest BCUT2D eigenvalue weighted by Crippen LogP contribution is -2.34. The van der Waals surface area contributed by atoms with Crippen molar-refractivity contribution in [1.82, 2.24) is 0 Å². The van der Waals surface area contributed by atoms with E-state index in [1.54, 1.807) is 24.4 Å². The maximum Gasteiger partial charge on any atom is 0.314 e. The van der Waals surface area contributed by atoms with Gasteiger partial charge in [0, 0.05) is 11.2 Å². The summed E-state index contributed by atoms with van der Waals surface area (Å²) in [7, 11) is 0. The Labute approximate surface area is 133 Å². The Morgan fingerprint density at radius 2 is 1.77 bits per heavy atom. The van der Waals surface area contributed by atoms with E-state index in [9.17, 15) is 9.90 Å². The third-order valence-electron chi connectivity index (χ3n) is 3.85. The molecule has 4 heteroatoms. The Kier molecular flexibility index (Phi) is 3.82. The van der Waals surface area contributed by atoms with Crippen LogP contribution in [0.25, 0.3) is 0 Å². The van der Waals surface area contributed by atoms with Crippen molar-refractivity contribution in [1.29, 1.82) is 0 Å². The van der Waals surface area contributed by atoms with Gasteiger partial charge in [0.2, 0.25) is 0 Å². The van der Waals surface area contributed by atoms with Crippen molar-refractivity contribution in [3.8, 4) is 0 Å². The normalized spacial score (nSPS) is 21.0. The van der Waals surface area contributed by atoms with E-state index in [0.29, 0.717) is 10.6 Å². The average Bonchev–Trinajstić information content (AvgIpc) is 2.99. The Morgan fingerprint density at radius 1 is 1.09 bits per heavy atom.